The maximum Gasteiger partial charge on any atom is 0.433 e. The lowest BCUT2D eigenvalue weighted by Gasteiger charge is -2.12. The minimum atomic E-state index is -4.66. The molecule has 0 fully saturated rings. The molecule has 2 heterocycles. The predicted octanol–water partition coefficient (Wildman–Crippen LogP) is 3.57. The average Bonchev–Trinajstić information content (AvgIpc) is 2.66. The Kier molecular flexibility index (Phi) is 5.32. The number of hydrogen-bond acceptors (Lipinski definition) is 6. The molecule has 146 valence electrons. The van der Waals surface area contributed by atoms with Gasteiger partial charge in [0.25, 0.3) is 0 Å². The Hall–Kier alpha value is -3.01. The number of nitrogens with one attached hydrogen (secondary N) is 1. The lowest BCUT2D eigenvalue weighted by atomic mass is 10.1. The van der Waals surface area contributed by atoms with Crippen molar-refractivity contribution in [2.24, 2.45) is 0 Å². The van der Waals surface area contributed by atoms with Crippen molar-refractivity contribution in [3.05, 3.63) is 66.1 Å². The average molecular weight is 408 g/mol. The fourth-order valence-electron chi connectivity index (χ4n) is 2.38. The van der Waals surface area contributed by atoms with Crippen molar-refractivity contribution in [3.8, 4) is 11.3 Å². The van der Waals surface area contributed by atoms with E-state index in [1.54, 1.807) is 24.5 Å². The first-order chi connectivity index (χ1) is 13.1. The molecule has 0 saturated heterocycles. The molecule has 0 saturated carbocycles. The van der Waals surface area contributed by atoms with E-state index in [1.165, 1.54) is 24.3 Å². The molecule has 3 rings (SSSR count). The minimum Gasteiger partial charge on any atom is -0.350 e. The van der Waals surface area contributed by atoms with Gasteiger partial charge < -0.3 is 5.32 Å². The van der Waals surface area contributed by atoms with E-state index < -0.39 is 21.7 Å². The number of pyridine rings is 1. The first kappa shape index (κ1) is 19.7. The fourth-order valence-corrected chi connectivity index (χ4v) is 3.01. The van der Waals surface area contributed by atoms with Gasteiger partial charge in [-0.3, -0.25) is 4.98 Å². The van der Waals surface area contributed by atoms with E-state index in [0.717, 1.165) is 17.9 Å². The van der Waals surface area contributed by atoms with Gasteiger partial charge in [-0.15, -0.1) is 0 Å². The number of halogens is 3. The Bertz CT molecular complexity index is 1070. The highest BCUT2D eigenvalue weighted by atomic mass is 32.2. The Balaban J connectivity index is 1.96. The normalized spacial score (nSPS) is 12.0. The van der Waals surface area contributed by atoms with Crippen LogP contribution in [0.2, 0.25) is 0 Å². The molecule has 6 nitrogen and oxygen atoms in total. The van der Waals surface area contributed by atoms with Crippen molar-refractivity contribution in [3.63, 3.8) is 0 Å². The van der Waals surface area contributed by atoms with Crippen LogP contribution in [-0.4, -0.2) is 29.6 Å². The third-order valence-electron chi connectivity index (χ3n) is 3.77. The summed E-state index contributed by atoms with van der Waals surface area (Å²) < 4.78 is 62.8. The van der Waals surface area contributed by atoms with Gasteiger partial charge in [0.1, 0.15) is 0 Å². The summed E-state index contributed by atoms with van der Waals surface area (Å²) in [7, 11) is -3.41. The Morgan fingerprint density at radius 2 is 1.79 bits per heavy atom. The van der Waals surface area contributed by atoms with Crippen LogP contribution in [0.15, 0.2) is 59.8 Å². The van der Waals surface area contributed by atoms with Gasteiger partial charge in [-0.05, 0) is 29.8 Å². The van der Waals surface area contributed by atoms with Crippen LogP contribution in [-0.2, 0) is 22.6 Å². The third kappa shape index (κ3) is 4.83. The summed E-state index contributed by atoms with van der Waals surface area (Å²) in [6, 6.07) is 9.75. The van der Waals surface area contributed by atoms with E-state index in [2.05, 4.69) is 20.3 Å². The molecular formula is C18H15F3N4O2S. The standard InChI is InChI=1S/C18H15F3N4O2S/c1-28(26,27)14-6-4-13(5-7-14)15-9-16(18(19,20)21)25-17(24-15)23-11-12-3-2-8-22-10-12/h2-10H,11H2,1H3,(H,23,24,25). The van der Waals surface area contributed by atoms with Crippen molar-refractivity contribution >= 4 is 15.8 Å². The number of hydrogen-bond donors (Lipinski definition) is 1. The predicted molar refractivity (Wildman–Crippen MR) is 97.1 cm³/mol. The van der Waals surface area contributed by atoms with E-state index in [1.807, 2.05) is 0 Å². The summed E-state index contributed by atoms with van der Waals surface area (Å²) in [6.45, 7) is 0.196. The first-order valence-electron chi connectivity index (χ1n) is 8.02. The van der Waals surface area contributed by atoms with E-state index in [0.29, 0.717) is 5.56 Å². The molecular weight excluding hydrogens is 393 g/mol. The molecule has 0 aliphatic heterocycles. The molecule has 0 unspecified atom stereocenters. The van der Waals surface area contributed by atoms with Crippen LogP contribution in [0, 0.1) is 0 Å². The fraction of sp³-hybridized carbons (Fsp3) is 0.167. The van der Waals surface area contributed by atoms with E-state index in [4.69, 9.17) is 0 Å². The first-order valence-corrected chi connectivity index (χ1v) is 9.91. The molecule has 10 heteroatoms. The highest BCUT2D eigenvalue weighted by molar-refractivity contribution is 7.90. The molecule has 28 heavy (non-hydrogen) atoms. The van der Waals surface area contributed by atoms with Gasteiger partial charge in [-0.25, -0.2) is 18.4 Å². The number of sulfone groups is 1. The third-order valence-corrected chi connectivity index (χ3v) is 4.90. The summed E-state index contributed by atoms with van der Waals surface area (Å²) in [5.41, 5.74) is 0.0155. The highest BCUT2D eigenvalue weighted by Gasteiger charge is 2.33. The summed E-state index contributed by atoms with van der Waals surface area (Å²) >= 11 is 0. The van der Waals surface area contributed by atoms with Crippen LogP contribution in [0.1, 0.15) is 11.3 Å². The monoisotopic (exact) mass is 408 g/mol. The number of nitrogens with zero attached hydrogens (tertiary/aromatic N) is 3. The SMILES string of the molecule is CS(=O)(=O)c1ccc(-c2cc(C(F)(F)F)nc(NCc3cccnc3)n2)cc1. The van der Waals surface area contributed by atoms with Crippen LogP contribution in [0.5, 0.6) is 0 Å². The van der Waals surface area contributed by atoms with Crippen LogP contribution < -0.4 is 5.32 Å². The smallest absolute Gasteiger partial charge is 0.350 e. The topological polar surface area (TPSA) is 84.8 Å². The number of rotatable bonds is 5. The van der Waals surface area contributed by atoms with E-state index in [-0.39, 0.29) is 23.1 Å². The lowest BCUT2D eigenvalue weighted by molar-refractivity contribution is -0.141. The zero-order valence-corrected chi connectivity index (χ0v) is 15.4. The molecule has 0 aliphatic carbocycles. The summed E-state index contributed by atoms with van der Waals surface area (Å²) in [5, 5.41) is 2.76. The number of benzene rings is 1. The zero-order chi connectivity index (χ0) is 20.4. The van der Waals surface area contributed by atoms with Crippen LogP contribution in [0.25, 0.3) is 11.3 Å². The van der Waals surface area contributed by atoms with Crippen LogP contribution in [0.3, 0.4) is 0 Å². The molecule has 0 amide bonds. The van der Waals surface area contributed by atoms with Gasteiger partial charge in [0.05, 0.1) is 10.6 Å². The van der Waals surface area contributed by atoms with Crippen molar-refractivity contribution in [1.82, 2.24) is 15.0 Å². The zero-order valence-electron chi connectivity index (χ0n) is 14.6. The Morgan fingerprint density at radius 1 is 1.07 bits per heavy atom. The minimum absolute atomic E-state index is 0.0241. The molecule has 0 atom stereocenters. The lowest BCUT2D eigenvalue weighted by Crippen LogP contribution is -2.12. The largest absolute Gasteiger partial charge is 0.433 e. The summed E-state index contributed by atoms with van der Waals surface area (Å²) in [4.78, 5) is 11.7. The molecule has 0 radical (unpaired) electrons. The van der Waals surface area contributed by atoms with Crippen LogP contribution in [0.4, 0.5) is 19.1 Å². The second-order valence-corrected chi connectivity index (χ2v) is 7.99. The van der Waals surface area contributed by atoms with Gasteiger partial charge in [-0.1, -0.05) is 18.2 Å². The molecule has 0 spiro atoms. The van der Waals surface area contributed by atoms with Crippen molar-refractivity contribution in [2.45, 2.75) is 17.6 Å². The summed E-state index contributed by atoms with van der Waals surface area (Å²) in [6.07, 6.45) is -0.446. The Labute approximate surface area is 159 Å². The van der Waals surface area contributed by atoms with Crippen molar-refractivity contribution in [1.29, 1.82) is 0 Å². The van der Waals surface area contributed by atoms with Gasteiger partial charge >= 0.3 is 6.18 Å². The number of anilines is 1. The molecule has 3 aromatic rings. The highest BCUT2D eigenvalue weighted by Crippen LogP contribution is 2.31. The Morgan fingerprint density at radius 3 is 2.36 bits per heavy atom. The quantitative estimate of drug-likeness (QED) is 0.695. The molecule has 2 aromatic heterocycles. The van der Waals surface area contributed by atoms with E-state index in [9.17, 15) is 21.6 Å². The van der Waals surface area contributed by atoms with Gasteiger partial charge in [0, 0.05) is 30.8 Å². The van der Waals surface area contributed by atoms with Gasteiger partial charge in [0.2, 0.25) is 5.95 Å². The second kappa shape index (κ2) is 7.55. The van der Waals surface area contributed by atoms with E-state index >= 15 is 0 Å². The maximum atomic E-state index is 13.2. The molecule has 0 aliphatic rings. The van der Waals surface area contributed by atoms with Crippen molar-refractivity contribution in [2.75, 3.05) is 11.6 Å². The molecule has 1 aromatic carbocycles. The number of aromatic nitrogens is 3. The molecule has 0 bridgehead atoms. The maximum absolute atomic E-state index is 13.2. The molecule has 1 N–H and O–H groups in total. The van der Waals surface area contributed by atoms with Gasteiger partial charge in [-0.2, -0.15) is 13.2 Å². The second-order valence-electron chi connectivity index (χ2n) is 5.97. The summed E-state index contributed by atoms with van der Waals surface area (Å²) in [5.74, 6) is -0.194. The van der Waals surface area contributed by atoms with Crippen LogP contribution >= 0.6 is 0 Å². The van der Waals surface area contributed by atoms with Crippen molar-refractivity contribution < 1.29 is 21.6 Å². The van der Waals surface area contributed by atoms with Gasteiger partial charge in [0.15, 0.2) is 15.5 Å². The number of alkyl halides is 3.